The van der Waals surface area contributed by atoms with Gasteiger partial charge >= 0.3 is 0 Å². The Morgan fingerprint density at radius 1 is 0.971 bits per heavy atom. The Kier molecular flexibility index (Phi) is 8.52. The minimum absolute atomic E-state index is 0.0924. The zero-order valence-electron chi connectivity index (χ0n) is 18.8. The average Bonchev–Trinajstić information content (AvgIpc) is 2.83. The summed E-state index contributed by atoms with van der Waals surface area (Å²) < 4.78 is 45.8. The van der Waals surface area contributed by atoms with Crippen molar-refractivity contribution in [3.8, 4) is 17.2 Å². The first-order valence-electron chi connectivity index (χ1n) is 10.7. The highest BCUT2D eigenvalue weighted by atomic mass is 32.2. The van der Waals surface area contributed by atoms with Crippen LogP contribution in [-0.2, 0) is 10.0 Å². The number of phenolic OH excluding ortho intramolecular Hbond substituents is 2. The van der Waals surface area contributed by atoms with Gasteiger partial charge in [0.1, 0.15) is 35.8 Å². The van der Waals surface area contributed by atoms with Gasteiger partial charge in [-0.1, -0.05) is 12.1 Å². The summed E-state index contributed by atoms with van der Waals surface area (Å²) in [6.45, 7) is 1.69. The van der Waals surface area contributed by atoms with Gasteiger partial charge in [-0.15, -0.1) is 0 Å². The molecular weight excluding hydrogens is 479 g/mol. The average molecular weight is 507 g/mol. The Bertz CT molecular complexity index is 1220. The molecule has 188 valence electrons. The van der Waals surface area contributed by atoms with E-state index in [0.717, 1.165) is 24.3 Å². The maximum Gasteiger partial charge on any atom is 0.262 e. The Balaban J connectivity index is 1.54. The number of nitrogens with one attached hydrogen (secondary N) is 2. The zero-order chi connectivity index (χ0) is 25.6. The second kappa shape index (κ2) is 11.4. The van der Waals surface area contributed by atoms with Crippen LogP contribution in [0.1, 0.15) is 18.6 Å². The molecule has 0 radical (unpaired) electrons. The molecule has 0 saturated carbocycles. The molecule has 0 amide bonds. The minimum atomic E-state index is -4.08. The highest BCUT2D eigenvalue weighted by Gasteiger charge is 2.19. The first-order chi connectivity index (χ1) is 16.5. The van der Waals surface area contributed by atoms with E-state index in [-0.39, 0.29) is 41.0 Å². The molecule has 3 atom stereocenters. The van der Waals surface area contributed by atoms with Gasteiger partial charge in [-0.05, 0) is 61.0 Å². The molecule has 0 bridgehead atoms. The van der Waals surface area contributed by atoms with Crippen molar-refractivity contribution >= 4 is 15.7 Å². The van der Waals surface area contributed by atoms with Crippen molar-refractivity contribution in [1.29, 1.82) is 0 Å². The Labute approximate surface area is 202 Å². The van der Waals surface area contributed by atoms with E-state index in [1.165, 1.54) is 30.3 Å². The molecule has 0 spiro atoms. The number of benzene rings is 3. The van der Waals surface area contributed by atoms with Gasteiger partial charge in [-0.2, -0.15) is 0 Å². The van der Waals surface area contributed by atoms with Crippen LogP contribution in [0.25, 0.3) is 0 Å². The molecule has 9 nitrogen and oxygen atoms in total. The second-order valence-electron chi connectivity index (χ2n) is 7.94. The molecule has 35 heavy (non-hydrogen) atoms. The van der Waals surface area contributed by atoms with Crippen molar-refractivity contribution in [1.82, 2.24) is 5.32 Å². The third-order valence-electron chi connectivity index (χ3n) is 5.16. The smallest absolute Gasteiger partial charge is 0.262 e. The highest BCUT2D eigenvalue weighted by Crippen LogP contribution is 2.30. The van der Waals surface area contributed by atoms with Crippen molar-refractivity contribution in [3.63, 3.8) is 0 Å². The summed E-state index contributed by atoms with van der Waals surface area (Å²) in [6.07, 6.45) is -1.82. The van der Waals surface area contributed by atoms with E-state index in [1.807, 2.05) is 0 Å². The molecule has 0 aliphatic heterocycles. The molecule has 0 aromatic heterocycles. The lowest BCUT2D eigenvalue weighted by atomic mass is 10.0. The summed E-state index contributed by atoms with van der Waals surface area (Å²) >= 11 is 0. The largest absolute Gasteiger partial charge is 0.508 e. The van der Waals surface area contributed by atoms with Crippen molar-refractivity contribution < 1.29 is 38.0 Å². The molecule has 0 fully saturated rings. The highest BCUT2D eigenvalue weighted by molar-refractivity contribution is 7.92. The Morgan fingerprint density at radius 3 is 2.29 bits per heavy atom. The van der Waals surface area contributed by atoms with E-state index in [4.69, 9.17) is 4.74 Å². The standard InChI is InChI=1S/C24H27FN2O7S/c1-15(24(31)16-2-6-18(28)7-3-16)26-13-19(29)14-34-20-8-11-23(30)22(12-20)27-35(32,33)21-9-4-17(25)5-10-21/h2-12,15,19,24,26-31H,13-14H2,1H3/t15?,19-,24?/m0/s1. The SMILES string of the molecule is CC(NC[C@H](O)COc1ccc(O)c(NS(=O)(=O)c2ccc(F)cc2)c1)C(O)c1ccc(O)cc1. The third-order valence-corrected chi connectivity index (χ3v) is 6.54. The van der Waals surface area contributed by atoms with Gasteiger partial charge in [0.15, 0.2) is 0 Å². The molecule has 0 aliphatic rings. The Hall–Kier alpha value is -3.38. The van der Waals surface area contributed by atoms with E-state index in [0.29, 0.717) is 5.56 Å². The van der Waals surface area contributed by atoms with Crippen LogP contribution in [-0.4, -0.2) is 54.1 Å². The van der Waals surface area contributed by atoms with Crippen molar-refractivity contribution in [2.45, 2.75) is 30.1 Å². The fourth-order valence-electron chi connectivity index (χ4n) is 3.15. The van der Waals surface area contributed by atoms with Crippen LogP contribution in [0.5, 0.6) is 17.2 Å². The molecule has 6 N–H and O–H groups in total. The first-order valence-corrected chi connectivity index (χ1v) is 12.2. The van der Waals surface area contributed by atoms with Gasteiger partial charge < -0.3 is 30.5 Å². The van der Waals surface area contributed by atoms with Gasteiger partial charge in [0.05, 0.1) is 16.7 Å². The van der Waals surface area contributed by atoms with Gasteiger partial charge in [0.2, 0.25) is 0 Å². The van der Waals surface area contributed by atoms with Gasteiger partial charge in [0, 0.05) is 18.7 Å². The van der Waals surface area contributed by atoms with E-state index in [1.54, 1.807) is 19.1 Å². The maximum absolute atomic E-state index is 13.1. The van der Waals surface area contributed by atoms with E-state index in [9.17, 15) is 33.2 Å². The van der Waals surface area contributed by atoms with Crippen LogP contribution >= 0.6 is 0 Å². The van der Waals surface area contributed by atoms with Crippen LogP contribution in [0.15, 0.2) is 71.6 Å². The number of sulfonamides is 1. The number of anilines is 1. The number of phenols is 2. The van der Waals surface area contributed by atoms with Crippen LogP contribution in [0.4, 0.5) is 10.1 Å². The van der Waals surface area contributed by atoms with Crippen molar-refractivity contribution in [2.75, 3.05) is 17.9 Å². The quantitative estimate of drug-likeness (QED) is 0.217. The first kappa shape index (κ1) is 26.2. The summed E-state index contributed by atoms with van der Waals surface area (Å²) in [5.41, 5.74) is 0.457. The number of halogens is 1. The summed E-state index contributed by atoms with van der Waals surface area (Å²) in [6, 6.07) is 13.8. The predicted octanol–water partition coefficient (Wildman–Crippen LogP) is 2.49. The summed E-state index contributed by atoms with van der Waals surface area (Å²) in [5.74, 6) is -0.646. The number of aliphatic hydroxyl groups is 2. The molecule has 11 heteroatoms. The lowest BCUT2D eigenvalue weighted by molar-refractivity contribution is 0.0876. The molecular formula is C24H27FN2O7S. The maximum atomic E-state index is 13.1. The summed E-state index contributed by atoms with van der Waals surface area (Å²) in [7, 11) is -4.08. The van der Waals surface area contributed by atoms with Gasteiger partial charge in [0.25, 0.3) is 10.0 Å². The van der Waals surface area contributed by atoms with Crippen molar-refractivity contribution in [2.24, 2.45) is 0 Å². The molecule has 0 aliphatic carbocycles. The van der Waals surface area contributed by atoms with Gasteiger partial charge in [-0.25, -0.2) is 12.8 Å². The minimum Gasteiger partial charge on any atom is -0.508 e. The lowest BCUT2D eigenvalue weighted by Gasteiger charge is -2.22. The molecule has 3 rings (SSSR count). The second-order valence-corrected chi connectivity index (χ2v) is 9.62. The van der Waals surface area contributed by atoms with Crippen LogP contribution < -0.4 is 14.8 Å². The molecule has 0 heterocycles. The summed E-state index contributed by atoms with van der Waals surface area (Å²) in [5, 5.41) is 43.0. The molecule has 2 unspecified atom stereocenters. The van der Waals surface area contributed by atoms with Crippen LogP contribution in [0.3, 0.4) is 0 Å². The summed E-state index contributed by atoms with van der Waals surface area (Å²) in [4.78, 5) is -0.185. The number of aliphatic hydroxyl groups excluding tert-OH is 2. The lowest BCUT2D eigenvalue weighted by Crippen LogP contribution is -2.39. The zero-order valence-corrected chi connectivity index (χ0v) is 19.6. The van der Waals surface area contributed by atoms with Gasteiger partial charge in [-0.3, -0.25) is 4.72 Å². The normalized spacial score (nSPS) is 14.2. The van der Waals surface area contributed by atoms with E-state index < -0.39 is 34.1 Å². The van der Waals surface area contributed by atoms with E-state index in [2.05, 4.69) is 10.0 Å². The number of ether oxygens (including phenoxy) is 1. The third kappa shape index (κ3) is 7.30. The molecule has 0 saturated heterocycles. The van der Waals surface area contributed by atoms with Crippen LogP contribution in [0, 0.1) is 5.82 Å². The molecule has 3 aromatic rings. The Morgan fingerprint density at radius 2 is 1.63 bits per heavy atom. The number of rotatable bonds is 11. The molecule has 3 aromatic carbocycles. The number of aromatic hydroxyl groups is 2. The fourth-order valence-corrected chi connectivity index (χ4v) is 4.21. The topological polar surface area (TPSA) is 148 Å². The number of hydrogen-bond acceptors (Lipinski definition) is 8. The van der Waals surface area contributed by atoms with Crippen LogP contribution in [0.2, 0.25) is 0 Å². The number of hydrogen-bond donors (Lipinski definition) is 6. The monoisotopic (exact) mass is 506 g/mol. The van der Waals surface area contributed by atoms with E-state index >= 15 is 0 Å². The fraction of sp³-hybridized carbons (Fsp3) is 0.250. The van der Waals surface area contributed by atoms with Crippen molar-refractivity contribution in [3.05, 3.63) is 78.1 Å². The predicted molar refractivity (Wildman–Crippen MR) is 127 cm³/mol.